The number of fused-ring (bicyclic) bond motifs is 1. The topological polar surface area (TPSA) is 69.4 Å². The molecule has 8 heteroatoms. The number of rotatable bonds is 7. The minimum Gasteiger partial charge on any atom is -0.495 e. The van der Waals surface area contributed by atoms with Gasteiger partial charge in [-0.05, 0) is 94.8 Å². The van der Waals surface area contributed by atoms with Gasteiger partial charge in [0, 0.05) is 69.6 Å². The molecule has 222 valence electrons. The Hall–Kier alpha value is -3.10. The van der Waals surface area contributed by atoms with E-state index >= 15 is 0 Å². The van der Waals surface area contributed by atoms with E-state index in [1.54, 1.807) is 0 Å². The molecule has 6 heterocycles. The molecule has 0 radical (unpaired) electrons. The molecule has 0 saturated carbocycles. The van der Waals surface area contributed by atoms with Crippen LogP contribution in [0.2, 0.25) is 0 Å². The van der Waals surface area contributed by atoms with Crippen LogP contribution in [0.4, 0.5) is 5.69 Å². The van der Waals surface area contributed by atoms with E-state index in [9.17, 15) is 5.11 Å². The van der Waals surface area contributed by atoms with Crippen LogP contribution in [-0.2, 0) is 10.2 Å². The minimum atomic E-state index is 0.153. The van der Waals surface area contributed by atoms with Gasteiger partial charge < -0.3 is 24.5 Å². The Morgan fingerprint density at radius 2 is 1.78 bits per heavy atom. The van der Waals surface area contributed by atoms with Gasteiger partial charge in [-0.15, -0.1) is 0 Å². The van der Waals surface area contributed by atoms with E-state index in [0.717, 1.165) is 61.9 Å². The molecule has 0 atom stereocenters. The molecule has 1 N–H and O–H groups in total. The number of hydrogen-bond acceptors (Lipinski definition) is 7. The molecule has 8 nitrogen and oxygen atoms in total. The summed E-state index contributed by atoms with van der Waals surface area (Å²) in [5.41, 5.74) is 5.95. The highest BCUT2D eigenvalue weighted by Gasteiger charge is 2.36. The van der Waals surface area contributed by atoms with Gasteiger partial charge in [-0.2, -0.15) is 5.10 Å². The third-order valence-electron chi connectivity index (χ3n) is 9.18. The highest BCUT2D eigenvalue weighted by atomic mass is 16.5. The van der Waals surface area contributed by atoms with Crippen molar-refractivity contribution >= 4 is 11.2 Å². The van der Waals surface area contributed by atoms with Crippen LogP contribution in [0.25, 0.3) is 16.8 Å². The van der Waals surface area contributed by atoms with Crippen LogP contribution in [0.5, 0.6) is 0 Å². The number of ether oxygens (including phenoxy) is 1. The van der Waals surface area contributed by atoms with Crippen LogP contribution in [0.15, 0.2) is 55.3 Å². The van der Waals surface area contributed by atoms with E-state index in [2.05, 4.69) is 78.9 Å². The summed E-state index contributed by atoms with van der Waals surface area (Å²) < 4.78 is 6.90. The van der Waals surface area contributed by atoms with Crippen LogP contribution in [0.3, 0.4) is 0 Å². The molecule has 3 saturated heterocycles. The van der Waals surface area contributed by atoms with Crippen molar-refractivity contribution < 1.29 is 9.84 Å². The molecule has 0 aliphatic carbocycles. The Kier molecular flexibility index (Phi) is 9.50. The van der Waals surface area contributed by atoms with Gasteiger partial charge in [0.2, 0.25) is 0 Å². The Morgan fingerprint density at radius 1 is 1.05 bits per heavy atom. The SMILES string of the molecule is C1CCOC1.C=C(O)N1CCN(c2ccnn3cc(-c4ccc(C5(CCC)CCN(C(C)C)CC5)cn4)cc23)CC1. The zero-order chi connectivity index (χ0) is 28.8. The number of piperidine rings is 1. The molecule has 3 aliphatic heterocycles. The number of anilines is 1. The first-order valence-electron chi connectivity index (χ1n) is 15.5. The standard InChI is InChI=1S/C29H40N6O.C4H8O/c1-5-9-29(10-13-32(14-11-29)22(2)3)25-6-7-26(30-20-25)24-19-28-27(8-12-31-35(28)21-24)34-17-15-33(16-18-34)23(4)36;1-2-4-5-3-1/h6-8,12,19-22,36H,4-5,9-11,13-18H2,1-3H3;1-4H2. The molecule has 0 amide bonds. The number of aliphatic hydroxyl groups is 1. The van der Waals surface area contributed by atoms with Crippen molar-refractivity contribution in [2.45, 2.75) is 70.8 Å². The zero-order valence-electron chi connectivity index (χ0n) is 25.3. The summed E-state index contributed by atoms with van der Waals surface area (Å²) in [6.07, 6.45) is 13.5. The average molecular weight is 561 g/mol. The lowest BCUT2D eigenvalue weighted by molar-refractivity contribution is 0.123. The molecule has 41 heavy (non-hydrogen) atoms. The van der Waals surface area contributed by atoms with Crippen molar-refractivity contribution in [1.29, 1.82) is 0 Å². The van der Waals surface area contributed by atoms with Crippen molar-refractivity contribution in [2.24, 2.45) is 0 Å². The van der Waals surface area contributed by atoms with E-state index in [1.807, 2.05) is 15.6 Å². The number of likely N-dealkylation sites (tertiary alicyclic amines) is 1. The number of nitrogens with zero attached hydrogens (tertiary/aromatic N) is 6. The lowest BCUT2D eigenvalue weighted by Crippen LogP contribution is -2.45. The van der Waals surface area contributed by atoms with Gasteiger partial charge in [-0.25, -0.2) is 4.52 Å². The van der Waals surface area contributed by atoms with Crippen molar-refractivity contribution in [2.75, 3.05) is 57.4 Å². The van der Waals surface area contributed by atoms with Gasteiger partial charge in [0.1, 0.15) is 0 Å². The van der Waals surface area contributed by atoms with E-state index in [-0.39, 0.29) is 11.3 Å². The predicted molar refractivity (Wildman–Crippen MR) is 167 cm³/mol. The fourth-order valence-corrected chi connectivity index (χ4v) is 6.63. The van der Waals surface area contributed by atoms with Gasteiger partial charge in [0.25, 0.3) is 0 Å². The smallest absolute Gasteiger partial charge is 0.179 e. The van der Waals surface area contributed by atoms with E-state index < -0.39 is 0 Å². The monoisotopic (exact) mass is 560 g/mol. The fourth-order valence-electron chi connectivity index (χ4n) is 6.63. The van der Waals surface area contributed by atoms with Gasteiger partial charge >= 0.3 is 0 Å². The second-order valence-electron chi connectivity index (χ2n) is 12.1. The molecule has 3 aromatic heterocycles. The summed E-state index contributed by atoms with van der Waals surface area (Å²) >= 11 is 0. The fraction of sp³-hybridized carbons (Fsp3) is 0.576. The average Bonchev–Trinajstić information content (AvgIpc) is 3.72. The number of pyridine rings is 1. The van der Waals surface area contributed by atoms with Crippen molar-refractivity contribution in [3.8, 4) is 11.3 Å². The summed E-state index contributed by atoms with van der Waals surface area (Å²) in [5, 5.41) is 14.3. The highest BCUT2D eigenvalue weighted by molar-refractivity contribution is 5.79. The van der Waals surface area contributed by atoms with Gasteiger partial charge in [0.05, 0.1) is 16.9 Å². The Morgan fingerprint density at radius 3 is 2.34 bits per heavy atom. The maximum absolute atomic E-state index is 9.71. The molecule has 6 rings (SSSR count). The van der Waals surface area contributed by atoms with Gasteiger partial charge in [-0.1, -0.05) is 19.4 Å². The summed E-state index contributed by atoms with van der Waals surface area (Å²) in [6, 6.07) is 9.41. The van der Waals surface area contributed by atoms with Crippen LogP contribution in [0.1, 0.15) is 64.9 Å². The summed E-state index contributed by atoms with van der Waals surface area (Å²) in [6.45, 7) is 18.1. The molecule has 3 aliphatic rings. The molecular formula is C33H48N6O2. The Balaban J connectivity index is 0.000000610. The van der Waals surface area contributed by atoms with Crippen LogP contribution >= 0.6 is 0 Å². The Labute approximate surface area is 245 Å². The number of aromatic nitrogens is 3. The minimum absolute atomic E-state index is 0.153. The van der Waals surface area contributed by atoms with Crippen molar-refractivity contribution in [3.63, 3.8) is 0 Å². The largest absolute Gasteiger partial charge is 0.495 e. The number of piperazine rings is 1. The maximum Gasteiger partial charge on any atom is 0.179 e. The molecule has 0 bridgehead atoms. The zero-order valence-corrected chi connectivity index (χ0v) is 25.3. The van der Waals surface area contributed by atoms with Gasteiger partial charge in [-0.3, -0.25) is 4.98 Å². The van der Waals surface area contributed by atoms with Crippen LogP contribution in [-0.4, -0.2) is 88.0 Å². The summed E-state index contributed by atoms with van der Waals surface area (Å²) in [5.74, 6) is 0.153. The first-order chi connectivity index (χ1) is 19.9. The van der Waals surface area contributed by atoms with E-state index in [1.165, 1.54) is 57.2 Å². The molecule has 0 unspecified atom stereocenters. The molecule has 3 aromatic rings. The van der Waals surface area contributed by atoms with Crippen LogP contribution in [0, 0.1) is 0 Å². The molecule has 0 spiro atoms. The second-order valence-corrected chi connectivity index (χ2v) is 12.1. The third-order valence-corrected chi connectivity index (χ3v) is 9.18. The second kappa shape index (κ2) is 13.3. The number of aliphatic hydroxyl groups excluding tert-OH is 1. The first-order valence-corrected chi connectivity index (χ1v) is 15.5. The summed E-state index contributed by atoms with van der Waals surface area (Å²) in [4.78, 5) is 11.8. The van der Waals surface area contributed by atoms with Crippen LogP contribution < -0.4 is 4.90 Å². The normalized spacial score (nSPS) is 19.4. The van der Waals surface area contributed by atoms with E-state index in [0.29, 0.717) is 6.04 Å². The maximum atomic E-state index is 9.71. The lowest BCUT2D eigenvalue weighted by atomic mass is 9.70. The van der Waals surface area contributed by atoms with Gasteiger partial charge in [0.15, 0.2) is 5.88 Å². The first kappa shape index (κ1) is 29.4. The Bertz CT molecular complexity index is 1260. The lowest BCUT2D eigenvalue weighted by Gasteiger charge is -2.43. The highest BCUT2D eigenvalue weighted by Crippen LogP contribution is 2.40. The third kappa shape index (κ3) is 6.70. The molecular weight excluding hydrogens is 512 g/mol. The van der Waals surface area contributed by atoms with Crippen molar-refractivity contribution in [3.05, 3.63) is 60.9 Å². The quantitative estimate of drug-likeness (QED) is 0.362. The van der Waals surface area contributed by atoms with Crippen molar-refractivity contribution in [1.82, 2.24) is 24.4 Å². The van der Waals surface area contributed by atoms with E-state index in [4.69, 9.17) is 9.72 Å². The molecule has 0 aromatic carbocycles. The number of hydrogen-bond donors (Lipinski definition) is 1. The summed E-state index contributed by atoms with van der Waals surface area (Å²) in [7, 11) is 0. The molecule has 3 fully saturated rings. The predicted octanol–water partition coefficient (Wildman–Crippen LogP) is 5.89.